The first-order valence-corrected chi connectivity index (χ1v) is 12.2. The second kappa shape index (κ2) is 9.95. The van der Waals surface area contributed by atoms with Gasteiger partial charge >= 0.3 is 0 Å². The third-order valence-electron chi connectivity index (χ3n) is 6.31. The molecule has 0 saturated carbocycles. The smallest absolute Gasteiger partial charge is 0.257 e. The lowest BCUT2D eigenvalue weighted by Gasteiger charge is -2.10. The highest BCUT2D eigenvalue weighted by Crippen LogP contribution is 2.23. The number of rotatable bonds is 5. The number of anilines is 2. The van der Waals surface area contributed by atoms with Gasteiger partial charge in [0.15, 0.2) is 0 Å². The Morgan fingerprint density at radius 2 is 0.842 bits per heavy atom. The van der Waals surface area contributed by atoms with Crippen molar-refractivity contribution in [1.29, 1.82) is 0 Å². The second-order valence-electron chi connectivity index (χ2n) is 8.78. The average Bonchev–Trinajstić information content (AvgIpc) is 2.97. The van der Waals surface area contributed by atoms with Crippen LogP contribution < -0.4 is 10.6 Å². The Kier molecular flexibility index (Phi) is 6.04. The lowest BCUT2D eigenvalue weighted by atomic mass is 10.0. The highest BCUT2D eigenvalue weighted by molar-refractivity contribution is 6.13. The Hall–Kier alpha value is -5.36. The van der Waals surface area contributed by atoms with Crippen molar-refractivity contribution < 1.29 is 9.59 Å². The van der Waals surface area contributed by atoms with E-state index < -0.39 is 0 Å². The molecule has 182 valence electrons. The Morgan fingerprint density at radius 3 is 1.32 bits per heavy atom. The maximum absolute atomic E-state index is 13.1. The standard InChI is InChI=1S/C32H22N4O2/c37-31(25-15-5-11-21-9-1-3-13-23(21)25)35-29-19-7-17-27(33-29)28-18-8-20-30(34-28)36-32(38)26-16-6-12-22-10-2-4-14-24(22)26/h1-20H,(H,33,35,37)(H,34,36,38). The van der Waals surface area contributed by atoms with Gasteiger partial charge in [-0.15, -0.1) is 0 Å². The van der Waals surface area contributed by atoms with Crippen molar-refractivity contribution in [2.75, 3.05) is 10.6 Å². The summed E-state index contributed by atoms with van der Waals surface area (Å²) in [4.78, 5) is 35.3. The third kappa shape index (κ3) is 4.58. The first kappa shape index (κ1) is 23.1. The summed E-state index contributed by atoms with van der Waals surface area (Å²) < 4.78 is 0. The minimum absolute atomic E-state index is 0.240. The van der Waals surface area contributed by atoms with E-state index in [1.165, 1.54) is 0 Å². The molecule has 2 aromatic heterocycles. The Morgan fingerprint density at radius 1 is 0.447 bits per heavy atom. The van der Waals surface area contributed by atoms with Crippen LogP contribution in [0.15, 0.2) is 121 Å². The molecular formula is C32H22N4O2. The quantitative estimate of drug-likeness (QED) is 0.271. The van der Waals surface area contributed by atoms with Gasteiger partial charge in [0.2, 0.25) is 0 Å². The van der Waals surface area contributed by atoms with Crippen LogP contribution in [0.2, 0.25) is 0 Å². The van der Waals surface area contributed by atoms with Crippen LogP contribution in [0.5, 0.6) is 0 Å². The van der Waals surface area contributed by atoms with Gasteiger partial charge in [0, 0.05) is 11.1 Å². The van der Waals surface area contributed by atoms with E-state index in [-0.39, 0.29) is 11.8 Å². The predicted molar refractivity (Wildman–Crippen MR) is 151 cm³/mol. The predicted octanol–water partition coefficient (Wildman–Crippen LogP) is 6.95. The molecule has 0 aliphatic carbocycles. The summed E-state index contributed by atoms with van der Waals surface area (Å²) in [5.41, 5.74) is 2.29. The van der Waals surface area contributed by atoms with Crippen LogP contribution in [0.3, 0.4) is 0 Å². The highest BCUT2D eigenvalue weighted by atomic mass is 16.2. The summed E-state index contributed by atoms with van der Waals surface area (Å²) in [5.74, 6) is 0.339. The van der Waals surface area contributed by atoms with Crippen molar-refractivity contribution in [3.8, 4) is 11.4 Å². The van der Waals surface area contributed by atoms with Crippen molar-refractivity contribution in [2.24, 2.45) is 0 Å². The molecule has 6 heteroatoms. The monoisotopic (exact) mass is 494 g/mol. The zero-order valence-corrected chi connectivity index (χ0v) is 20.3. The topological polar surface area (TPSA) is 84.0 Å². The lowest BCUT2D eigenvalue weighted by molar-refractivity contribution is 0.101. The van der Waals surface area contributed by atoms with Gasteiger partial charge in [-0.2, -0.15) is 0 Å². The van der Waals surface area contributed by atoms with E-state index in [4.69, 9.17) is 0 Å². The summed E-state index contributed by atoms with van der Waals surface area (Å²) in [6.07, 6.45) is 0. The van der Waals surface area contributed by atoms with Crippen molar-refractivity contribution in [3.63, 3.8) is 0 Å². The number of hydrogen-bond donors (Lipinski definition) is 2. The number of hydrogen-bond acceptors (Lipinski definition) is 4. The molecule has 6 aromatic rings. The number of aromatic nitrogens is 2. The number of benzene rings is 4. The number of carbonyl (C=O) groups excluding carboxylic acids is 2. The average molecular weight is 495 g/mol. The van der Waals surface area contributed by atoms with Crippen LogP contribution in [0.1, 0.15) is 20.7 Å². The zero-order chi connectivity index (χ0) is 25.9. The van der Waals surface area contributed by atoms with Crippen molar-refractivity contribution in [3.05, 3.63) is 132 Å². The van der Waals surface area contributed by atoms with E-state index in [1.54, 1.807) is 24.3 Å². The van der Waals surface area contributed by atoms with Crippen molar-refractivity contribution in [1.82, 2.24) is 9.97 Å². The molecular weight excluding hydrogens is 472 g/mol. The summed E-state index contributed by atoms with van der Waals surface area (Å²) in [5, 5.41) is 9.53. The molecule has 6 nitrogen and oxygen atoms in total. The molecule has 0 saturated heterocycles. The van der Waals surface area contributed by atoms with E-state index in [2.05, 4.69) is 20.6 Å². The largest absolute Gasteiger partial charge is 0.307 e. The van der Waals surface area contributed by atoms with E-state index in [0.717, 1.165) is 21.5 Å². The van der Waals surface area contributed by atoms with Gasteiger partial charge in [-0.05, 0) is 57.9 Å². The van der Waals surface area contributed by atoms with Crippen molar-refractivity contribution >= 4 is 45.0 Å². The van der Waals surface area contributed by atoms with E-state index in [9.17, 15) is 9.59 Å². The number of fused-ring (bicyclic) bond motifs is 2. The van der Waals surface area contributed by atoms with Crippen LogP contribution in [-0.4, -0.2) is 21.8 Å². The molecule has 0 aliphatic rings. The number of amides is 2. The fourth-order valence-electron chi connectivity index (χ4n) is 4.51. The molecule has 4 aromatic carbocycles. The molecule has 2 heterocycles. The van der Waals surface area contributed by atoms with Gasteiger partial charge in [-0.3, -0.25) is 9.59 Å². The normalized spacial score (nSPS) is 10.8. The molecule has 6 rings (SSSR count). The first-order valence-electron chi connectivity index (χ1n) is 12.2. The zero-order valence-electron chi connectivity index (χ0n) is 20.3. The third-order valence-corrected chi connectivity index (χ3v) is 6.31. The SMILES string of the molecule is O=C(Nc1cccc(-c2cccc(NC(=O)c3cccc4ccccc34)n2)n1)c1cccc2ccccc12. The fraction of sp³-hybridized carbons (Fsp3) is 0. The lowest BCUT2D eigenvalue weighted by Crippen LogP contribution is -2.14. The number of nitrogens with one attached hydrogen (secondary N) is 2. The van der Waals surface area contributed by atoms with Crippen LogP contribution >= 0.6 is 0 Å². The van der Waals surface area contributed by atoms with Gasteiger partial charge in [0.25, 0.3) is 11.8 Å². The molecule has 0 unspecified atom stereocenters. The fourth-order valence-corrected chi connectivity index (χ4v) is 4.51. The molecule has 0 atom stereocenters. The van der Waals surface area contributed by atoms with Crippen LogP contribution in [0.25, 0.3) is 32.9 Å². The van der Waals surface area contributed by atoms with Gasteiger partial charge in [-0.25, -0.2) is 9.97 Å². The Bertz CT molecular complexity index is 1680. The van der Waals surface area contributed by atoms with Crippen LogP contribution in [0, 0.1) is 0 Å². The highest BCUT2D eigenvalue weighted by Gasteiger charge is 2.13. The van der Waals surface area contributed by atoms with Crippen LogP contribution in [-0.2, 0) is 0 Å². The maximum Gasteiger partial charge on any atom is 0.257 e. The first-order chi connectivity index (χ1) is 18.7. The molecule has 0 bridgehead atoms. The van der Waals surface area contributed by atoms with E-state index in [0.29, 0.717) is 34.2 Å². The van der Waals surface area contributed by atoms with Gasteiger partial charge in [-0.1, -0.05) is 84.9 Å². The molecule has 2 amide bonds. The molecule has 0 radical (unpaired) electrons. The summed E-state index contributed by atoms with van der Waals surface area (Å²) in [6, 6.07) is 37.5. The second-order valence-corrected chi connectivity index (χ2v) is 8.78. The van der Waals surface area contributed by atoms with E-state index >= 15 is 0 Å². The Balaban J connectivity index is 1.23. The van der Waals surface area contributed by atoms with Gasteiger partial charge in [0.1, 0.15) is 11.6 Å². The molecule has 2 N–H and O–H groups in total. The Labute approximate surface area is 219 Å². The summed E-state index contributed by atoms with van der Waals surface area (Å²) >= 11 is 0. The van der Waals surface area contributed by atoms with Gasteiger partial charge in [0.05, 0.1) is 11.4 Å². The number of nitrogens with zero attached hydrogens (tertiary/aromatic N) is 2. The maximum atomic E-state index is 13.1. The van der Waals surface area contributed by atoms with Crippen molar-refractivity contribution in [2.45, 2.75) is 0 Å². The molecule has 0 fully saturated rings. The minimum atomic E-state index is -0.240. The van der Waals surface area contributed by atoms with E-state index in [1.807, 2.05) is 97.1 Å². The number of pyridine rings is 2. The van der Waals surface area contributed by atoms with Gasteiger partial charge < -0.3 is 10.6 Å². The summed E-state index contributed by atoms with van der Waals surface area (Å²) in [6.45, 7) is 0. The van der Waals surface area contributed by atoms with Crippen LogP contribution in [0.4, 0.5) is 11.6 Å². The molecule has 0 aliphatic heterocycles. The minimum Gasteiger partial charge on any atom is -0.307 e. The molecule has 38 heavy (non-hydrogen) atoms. The number of carbonyl (C=O) groups is 2. The summed E-state index contributed by atoms with van der Waals surface area (Å²) in [7, 11) is 0. The molecule has 0 spiro atoms.